The molecule has 0 saturated carbocycles. The number of hydrogen-bond acceptors (Lipinski definition) is 4. The Bertz CT molecular complexity index is 1110. The molecule has 1 fully saturated rings. The summed E-state index contributed by atoms with van der Waals surface area (Å²) in [4.78, 5) is 27.5. The van der Waals surface area contributed by atoms with Gasteiger partial charge >= 0.3 is 18.0 Å². The Hall–Kier alpha value is -3.76. The lowest BCUT2D eigenvalue weighted by atomic mass is 10.2. The van der Waals surface area contributed by atoms with E-state index in [0.29, 0.717) is 17.1 Å². The van der Waals surface area contributed by atoms with Crippen molar-refractivity contribution in [3.63, 3.8) is 0 Å². The summed E-state index contributed by atoms with van der Waals surface area (Å²) in [6, 6.07) is 9.66. The van der Waals surface area contributed by atoms with Crippen molar-refractivity contribution in [3.05, 3.63) is 71.8 Å². The molecule has 1 aromatic heterocycles. The van der Waals surface area contributed by atoms with Crippen LogP contribution in [0.3, 0.4) is 0 Å². The third-order valence-corrected chi connectivity index (χ3v) is 4.80. The quantitative estimate of drug-likeness (QED) is 0.469. The zero-order valence-corrected chi connectivity index (χ0v) is 15.9. The number of carbonyl (C=O) groups is 2. The fraction of sp³-hybridized carbons (Fsp3) is 0.200. The number of alkyl halides is 3. The van der Waals surface area contributed by atoms with Gasteiger partial charge in [-0.3, -0.25) is 9.59 Å². The first-order chi connectivity index (χ1) is 14.7. The number of piperazine rings is 1. The smallest absolute Gasteiger partial charge is 0.327 e. The van der Waals surface area contributed by atoms with Gasteiger partial charge in [0.15, 0.2) is 0 Å². The summed E-state index contributed by atoms with van der Waals surface area (Å²) >= 11 is 0. The van der Waals surface area contributed by atoms with Gasteiger partial charge in [0, 0.05) is 18.8 Å². The van der Waals surface area contributed by atoms with Gasteiger partial charge in [-0.05, 0) is 48.5 Å². The Morgan fingerprint density at radius 3 is 2.16 bits per heavy atom. The zero-order chi connectivity index (χ0) is 22.2. The van der Waals surface area contributed by atoms with Gasteiger partial charge in [0.2, 0.25) is 0 Å². The highest BCUT2D eigenvalue weighted by atomic mass is 19.4. The molecule has 7 nitrogen and oxygen atoms in total. The van der Waals surface area contributed by atoms with Gasteiger partial charge < -0.3 is 9.80 Å². The molecule has 0 spiro atoms. The van der Waals surface area contributed by atoms with Crippen LogP contribution in [0.1, 0.15) is 11.3 Å². The normalized spacial score (nSPS) is 15.0. The summed E-state index contributed by atoms with van der Waals surface area (Å²) in [7, 11) is 0. The number of nitrogens with zero attached hydrogens (tertiary/aromatic N) is 5. The number of carbonyl (C=O) groups excluding carboxylic acids is 2. The maximum absolute atomic E-state index is 13.1. The van der Waals surface area contributed by atoms with Gasteiger partial charge in [0.05, 0.1) is 24.0 Å². The van der Waals surface area contributed by atoms with E-state index in [1.165, 1.54) is 57.1 Å². The second-order valence-corrected chi connectivity index (χ2v) is 6.86. The standard InChI is InChI=1S/C20H15F4N5O2/c21-14-3-7-16(8-4-14)28-10-9-27(18(30)19(28)31)11-15-12-29(26-25-15)17-5-1-13(2-6-17)20(22,23)24/h1-8,12H,9-11H2. The fourth-order valence-corrected chi connectivity index (χ4v) is 3.19. The van der Waals surface area contributed by atoms with E-state index in [2.05, 4.69) is 10.3 Å². The second kappa shape index (κ2) is 7.82. The lowest BCUT2D eigenvalue weighted by molar-refractivity contribution is -0.146. The number of hydrogen-bond donors (Lipinski definition) is 0. The SMILES string of the molecule is O=C1C(=O)N(c2ccc(F)cc2)CCN1Cc1cn(-c2ccc(C(F)(F)F)cc2)nn1. The Kier molecular flexibility index (Phi) is 5.17. The molecule has 0 bridgehead atoms. The van der Waals surface area contributed by atoms with Gasteiger partial charge in [0.25, 0.3) is 0 Å². The zero-order valence-electron chi connectivity index (χ0n) is 15.9. The molecular weight excluding hydrogens is 418 g/mol. The van der Waals surface area contributed by atoms with Crippen molar-refractivity contribution in [2.45, 2.75) is 12.7 Å². The van der Waals surface area contributed by atoms with Crippen LogP contribution in [-0.2, 0) is 22.3 Å². The van der Waals surface area contributed by atoms with Crippen LogP contribution in [0.2, 0.25) is 0 Å². The molecule has 0 unspecified atom stereocenters. The number of anilines is 1. The molecule has 0 N–H and O–H groups in total. The van der Waals surface area contributed by atoms with Crippen LogP contribution in [0.15, 0.2) is 54.7 Å². The first-order valence-electron chi connectivity index (χ1n) is 9.17. The summed E-state index contributed by atoms with van der Waals surface area (Å²) in [5.41, 5.74) is 0.388. The Morgan fingerprint density at radius 2 is 1.52 bits per heavy atom. The van der Waals surface area contributed by atoms with E-state index in [9.17, 15) is 27.2 Å². The van der Waals surface area contributed by atoms with Crippen molar-refractivity contribution in [1.29, 1.82) is 0 Å². The van der Waals surface area contributed by atoms with Gasteiger partial charge in [-0.15, -0.1) is 5.10 Å². The lowest BCUT2D eigenvalue weighted by Gasteiger charge is -2.33. The number of amides is 2. The van der Waals surface area contributed by atoms with Crippen LogP contribution < -0.4 is 4.90 Å². The van der Waals surface area contributed by atoms with Crippen molar-refractivity contribution in [3.8, 4) is 5.69 Å². The molecular formula is C20H15F4N5O2. The average Bonchev–Trinajstić information content (AvgIpc) is 3.21. The molecule has 2 amide bonds. The van der Waals surface area contributed by atoms with E-state index < -0.39 is 29.4 Å². The molecule has 2 aromatic carbocycles. The van der Waals surface area contributed by atoms with Crippen molar-refractivity contribution >= 4 is 17.5 Å². The van der Waals surface area contributed by atoms with Crippen LogP contribution in [0.4, 0.5) is 23.2 Å². The molecule has 4 rings (SSSR count). The van der Waals surface area contributed by atoms with Crippen LogP contribution >= 0.6 is 0 Å². The molecule has 0 aliphatic carbocycles. The van der Waals surface area contributed by atoms with Crippen LogP contribution in [-0.4, -0.2) is 44.8 Å². The molecule has 0 atom stereocenters. The molecule has 160 valence electrons. The van der Waals surface area contributed by atoms with Crippen molar-refractivity contribution in [2.24, 2.45) is 0 Å². The van der Waals surface area contributed by atoms with Gasteiger partial charge in [-0.1, -0.05) is 5.21 Å². The molecule has 1 aliphatic rings. The highest BCUT2D eigenvalue weighted by Gasteiger charge is 2.34. The van der Waals surface area contributed by atoms with E-state index in [1.54, 1.807) is 0 Å². The Balaban J connectivity index is 1.44. The van der Waals surface area contributed by atoms with E-state index in [0.717, 1.165) is 12.1 Å². The molecule has 2 heterocycles. The second-order valence-electron chi connectivity index (χ2n) is 6.86. The highest BCUT2D eigenvalue weighted by Crippen LogP contribution is 2.29. The summed E-state index contributed by atoms with van der Waals surface area (Å²) in [5, 5.41) is 7.81. The average molecular weight is 433 g/mol. The Morgan fingerprint density at radius 1 is 0.871 bits per heavy atom. The molecule has 1 saturated heterocycles. The van der Waals surface area contributed by atoms with Crippen LogP contribution in [0.25, 0.3) is 5.69 Å². The lowest BCUT2D eigenvalue weighted by Crippen LogP contribution is -2.54. The first kappa shape index (κ1) is 20.5. The van der Waals surface area contributed by atoms with Crippen LogP contribution in [0, 0.1) is 5.82 Å². The monoisotopic (exact) mass is 433 g/mol. The molecule has 11 heteroatoms. The third-order valence-electron chi connectivity index (χ3n) is 4.80. The van der Waals surface area contributed by atoms with Crippen molar-refractivity contribution < 1.29 is 27.2 Å². The first-order valence-corrected chi connectivity index (χ1v) is 9.17. The summed E-state index contributed by atoms with van der Waals surface area (Å²) < 4.78 is 52.4. The van der Waals surface area contributed by atoms with Crippen molar-refractivity contribution in [2.75, 3.05) is 18.0 Å². The predicted octanol–water partition coefficient (Wildman–Crippen LogP) is 2.80. The predicted molar refractivity (Wildman–Crippen MR) is 101 cm³/mol. The van der Waals surface area contributed by atoms with Gasteiger partial charge in [0.1, 0.15) is 11.5 Å². The van der Waals surface area contributed by atoms with E-state index in [4.69, 9.17) is 0 Å². The van der Waals surface area contributed by atoms with E-state index in [1.807, 2.05) is 0 Å². The maximum atomic E-state index is 13.1. The molecule has 3 aromatic rings. The number of aromatic nitrogens is 3. The van der Waals surface area contributed by atoms with Crippen molar-refractivity contribution in [1.82, 2.24) is 19.9 Å². The molecule has 31 heavy (non-hydrogen) atoms. The van der Waals surface area contributed by atoms with E-state index >= 15 is 0 Å². The topological polar surface area (TPSA) is 71.3 Å². The van der Waals surface area contributed by atoms with Gasteiger partial charge in [-0.25, -0.2) is 9.07 Å². The largest absolute Gasteiger partial charge is 0.416 e. The summed E-state index contributed by atoms with van der Waals surface area (Å²) in [5.74, 6) is -1.93. The number of halogens is 4. The highest BCUT2D eigenvalue weighted by molar-refractivity contribution is 6.40. The number of benzene rings is 2. The number of rotatable bonds is 4. The summed E-state index contributed by atoms with van der Waals surface area (Å²) in [6.45, 7) is 0.473. The minimum absolute atomic E-state index is 0.0163. The molecule has 1 aliphatic heterocycles. The maximum Gasteiger partial charge on any atom is 0.416 e. The Labute approximate surface area is 173 Å². The minimum Gasteiger partial charge on any atom is -0.327 e. The third kappa shape index (κ3) is 4.25. The minimum atomic E-state index is -4.44. The van der Waals surface area contributed by atoms with E-state index in [-0.39, 0.29) is 19.6 Å². The van der Waals surface area contributed by atoms with Gasteiger partial charge in [-0.2, -0.15) is 13.2 Å². The summed E-state index contributed by atoms with van der Waals surface area (Å²) in [6.07, 6.45) is -2.96. The van der Waals surface area contributed by atoms with Crippen LogP contribution in [0.5, 0.6) is 0 Å². The molecule has 0 radical (unpaired) electrons. The fourth-order valence-electron chi connectivity index (χ4n) is 3.19.